The number of hydrogen-bond donors (Lipinski definition) is 3. The molecule has 1 fully saturated rings. The Hall–Kier alpha value is -1.15. The molecule has 0 aromatic carbocycles. The Morgan fingerprint density at radius 3 is 1.70 bits per heavy atom. The molecule has 0 radical (unpaired) electrons. The molecule has 1 saturated heterocycles. The van der Waals surface area contributed by atoms with Gasteiger partial charge in [0, 0.05) is 13.6 Å². The van der Waals surface area contributed by atoms with E-state index >= 15 is 0 Å². The predicted molar refractivity (Wildman–Crippen MR) is 178 cm³/mol. The quantitative estimate of drug-likeness (QED) is 0.0897. The summed E-state index contributed by atoms with van der Waals surface area (Å²) in [4.78, 5) is 12.4. The molecular weight excluding hydrogens is 562 g/mol. The van der Waals surface area contributed by atoms with Crippen LogP contribution in [0.25, 0.3) is 0 Å². The van der Waals surface area contributed by atoms with Crippen molar-refractivity contribution in [3.63, 3.8) is 0 Å². The van der Waals surface area contributed by atoms with Gasteiger partial charge in [0.15, 0.2) is 0 Å². The van der Waals surface area contributed by atoms with Gasteiger partial charge in [0.05, 0.1) is 35.1 Å². The van der Waals surface area contributed by atoms with Crippen LogP contribution in [0.2, 0.25) is 5.02 Å². The third-order valence-electron chi connectivity index (χ3n) is 9.11. The van der Waals surface area contributed by atoms with E-state index < -0.39 is 12.2 Å². The lowest BCUT2D eigenvalue weighted by molar-refractivity contribution is -0.0786. The molecule has 0 saturated carbocycles. The van der Waals surface area contributed by atoms with Gasteiger partial charge in [-0.25, -0.2) is 0 Å². The molecule has 0 unspecified atom stereocenters. The number of aliphatic hydroxyl groups excluding tert-OH is 2. The molecule has 8 heteroatoms. The van der Waals surface area contributed by atoms with E-state index in [1.807, 2.05) is 6.92 Å². The maximum atomic E-state index is 12.4. The molecule has 1 aliphatic rings. The van der Waals surface area contributed by atoms with Crippen molar-refractivity contribution < 1.29 is 19.7 Å². The molecule has 2 heterocycles. The number of rotatable bonds is 26. The Morgan fingerprint density at radius 2 is 1.26 bits per heavy atom. The Kier molecular flexibility index (Phi) is 20.5. The first kappa shape index (κ1) is 38.0. The van der Waals surface area contributed by atoms with Crippen LogP contribution in [0.3, 0.4) is 0 Å². The number of amides is 1. The summed E-state index contributed by atoms with van der Waals surface area (Å²) < 4.78 is 7.66. The zero-order valence-corrected chi connectivity index (χ0v) is 28.5. The molecule has 1 aromatic heterocycles. The number of unbranched alkanes of at least 4 members (excludes halogenated alkanes) is 16. The molecule has 7 nitrogen and oxygen atoms in total. The van der Waals surface area contributed by atoms with E-state index in [0.717, 1.165) is 63.5 Å². The number of nitrogens with zero attached hydrogens (tertiary/aromatic N) is 2. The minimum absolute atomic E-state index is 0.103. The average molecular weight is 626 g/mol. The fourth-order valence-corrected chi connectivity index (χ4v) is 6.70. The number of aliphatic hydroxyl groups is 2. The van der Waals surface area contributed by atoms with Gasteiger partial charge < -0.3 is 20.3 Å². The third-order valence-corrected chi connectivity index (χ3v) is 9.51. The van der Waals surface area contributed by atoms with Gasteiger partial charge in [-0.1, -0.05) is 135 Å². The van der Waals surface area contributed by atoms with Gasteiger partial charge >= 0.3 is 0 Å². The van der Waals surface area contributed by atoms with E-state index in [2.05, 4.69) is 17.3 Å². The summed E-state index contributed by atoms with van der Waals surface area (Å²) in [6.45, 7) is 4.89. The van der Waals surface area contributed by atoms with E-state index in [9.17, 15) is 15.0 Å². The molecule has 43 heavy (non-hydrogen) atoms. The zero-order valence-electron chi connectivity index (χ0n) is 27.8. The number of carbonyl (C=O) groups is 1. The number of nitrogens with one attached hydrogen (secondary N) is 1. The maximum Gasteiger partial charge on any atom is 0.271 e. The Balaban J connectivity index is 1.40. The molecule has 0 aliphatic carbocycles. The highest BCUT2D eigenvalue weighted by atomic mass is 35.5. The summed E-state index contributed by atoms with van der Waals surface area (Å²) in [6.07, 6.45) is 25.0. The Bertz CT molecular complexity index is 864. The maximum absolute atomic E-state index is 12.4. The summed E-state index contributed by atoms with van der Waals surface area (Å²) in [6, 6.07) is 0. The van der Waals surface area contributed by atoms with Crippen LogP contribution < -0.4 is 5.32 Å². The standard InChI is InChI=1S/C35H64ClN3O4/c1-4-6-7-8-9-10-11-14-17-20-23-29(40)31-25-26-32(43-31)30(41)24-21-18-15-12-13-16-19-22-27-37-35(42)34-33(36)28(5-2)38-39(34)3/h29-32,40-41H,4-27H2,1-3H3,(H,37,42)/t29-,30-,31-,32-/m1/s1. The highest BCUT2D eigenvalue weighted by Gasteiger charge is 2.34. The second-order valence-electron chi connectivity index (χ2n) is 12.9. The topological polar surface area (TPSA) is 96.6 Å². The number of ether oxygens (including phenoxy) is 1. The first-order valence-electron chi connectivity index (χ1n) is 17.9. The molecule has 1 amide bonds. The summed E-state index contributed by atoms with van der Waals surface area (Å²) in [5, 5.41) is 29.0. The van der Waals surface area contributed by atoms with Gasteiger partial charge in [0.25, 0.3) is 5.91 Å². The highest BCUT2D eigenvalue weighted by molar-refractivity contribution is 6.34. The first-order chi connectivity index (χ1) is 20.9. The number of aromatic nitrogens is 2. The van der Waals surface area contributed by atoms with Gasteiger partial charge in [-0.05, 0) is 38.5 Å². The minimum atomic E-state index is -0.417. The van der Waals surface area contributed by atoms with Gasteiger partial charge in [-0.3, -0.25) is 9.48 Å². The Morgan fingerprint density at radius 1 is 0.814 bits per heavy atom. The number of aryl methyl sites for hydroxylation is 2. The van der Waals surface area contributed by atoms with Crippen LogP contribution in [0.4, 0.5) is 0 Å². The monoisotopic (exact) mass is 625 g/mol. The number of halogens is 1. The summed E-state index contributed by atoms with van der Waals surface area (Å²) in [7, 11) is 1.75. The molecule has 3 N–H and O–H groups in total. The van der Waals surface area contributed by atoms with Gasteiger partial charge in [-0.2, -0.15) is 5.10 Å². The van der Waals surface area contributed by atoms with Gasteiger partial charge in [0.1, 0.15) is 5.69 Å². The van der Waals surface area contributed by atoms with Crippen LogP contribution in [-0.2, 0) is 18.2 Å². The lowest BCUT2D eigenvalue weighted by atomic mass is 10.00. The molecule has 0 spiro atoms. The molecule has 4 atom stereocenters. The highest BCUT2D eigenvalue weighted by Crippen LogP contribution is 2.28. The van der Waals surface area contributed by atoms with Crippen LogP contribution in [-0.4, -0.2) is 56.9 Å². The van der Waals surface area contributed by atoms with Crippen molar-refractivity contribution >= 4 is 17.5 Å². The van der Waals surface area contributed by atoms with Crippen LogP contribution in [0, 0.1) is 0 Å². The second kappa shape index (κ2) is 23.2. The summed E-state index contributed by atoms with van der Waals surface area (Å²) in [5.74, 6) is -0.152. The fourth-order valence-electron chi connectivity index (χ4n) is 6.32. The van der Waals surface area contributed by atoms with E-state index in [4.69, 9.17) is 16.3 Å². The first-order valence-corrected chi connectivity index (χ1v) is 18.3. The van der Waals surface area contributed by atoms with Crippen molar-refractivity contribution in [3.05, 3.63) is 16.4 Å². The predicted octanol–water partition coefficient (Wildman–Crippen LogP) is 8.46. The molecule has 1 aromatic rings. The van der Waals surface area contributed by atoms with Crippen molar-refractivity contribution in [1.29, 1.82) is 0 Å². The summed E-state index contributed by atoms with van der Waals surface area (Å²) >= 11 is 6.29. The van der Waals surface area contributed by atoms with E-state index in [0.29, 0.717) is 23.7 Å². The van der Waals surface area contributed by atoms with Crippen LogP contribution in [0.1, 0.15) is 171 Å². The zero-order chi connectivity index (χ0) is 31.3. The smallest absolute Gasteiger partial charge is 0.271 e. The summed E-state index contributed by atoms with van der Waals surface area (Å²) in [5.41, 5.74) is 1.20. The molecule has 250 valence electrons. The molecular formula is C35H64ClN3O4. The van der Waals surface area contributed by atoms with Gasteiger partial charge in [-0.15, -0.1) is 0 Å². The van der Waals surface area contributed by atoms with E-state index in [1.54, 1.807) is 11.7 Å². The van der Waals surface area contributed by atoms with Crippen LogP contribution in [0.15, 0.2) is 0 Å². The lowest BCUT2D eigenvalue weighted by Gasteiger charge is -2.22. The average Bonchev–Trinajstić information content (AvgIpc) is 3.61. The van der Waals surface area contributed by atoms with E-state index in [1.165, 1.54) is 83.5 Å². The van der Waals surface area contributed by atoms with Crippen molar-refractivity contribution in [2.24, 2.45) is 7.05 Å². The van der Waals surface area contributed by atoms with E-state index in [-0.39, 0.29) is 18.1 Å². The van der Waals surface area contributed by atoms with Crippen LogP contribution >= 0.6 is 11.6 Å². The molecule has 1 aliphatic heterocycles. The lowest BCUT2D eigenvalue weighted by Crippen LogP contribution is -2.31. The largest absolute Gasteiger partial charge is 0.390 e. The van der Waals surface area contributed by atoms with Gasteiger partial charge in [0.2, 0.25) is 0 Å². The molecule has 0 bridgehead atoms. The normalized spacial score (nSPS) is 18.3. The number of carbonyl (C=O) groups excluding carboxylic acids is 1. The SMILES string of the molecule is CCCCCCCCCCCC[C@@H](O)[C@H]1CC[C@H]([C@H](O)CCCCCCCCCCNC(=O)c2c(Cl)c(CC)nn2C)O1. The molecule has 2 rings (SSSR count). The minimum Gasteiger partial charge on any atom is -0.390 e. The van der Waals surface area contributed by atoms with Crippen molar-refractivity contribution in [2.45, 2.75) is 186 Å². The van der Waals surface area contributed by atoms with Crippen molar-refractivity contribution in [2.75, 3.05) is 6.54 Å². The second-order valence-corrected chi connectivity index (χ2v) is 13.2. The van der Waals surface area contributed by atoms with Crippen LogP contribution in [0.5, 0.6) is 0 Å². The fraction of sp³-hybridized carbons (Fsp3) is 0.886. The Labute approximate surface area is 267 Å². The van der Waals surface area contributed by atoms with Crippen molar-refractivity contribution in [1.82, 2.24) is 15.1 Å². The van der Waals surface area contributed by atoms with Crippen molar-refractivity contribution in [3.8, 4) is 0 Å². The number of hydrogen-bond acceptors (Lipinski definition) is 5. The third kappa shape index (κ3) is 15.1.